The minimum absolute atomic E-state index is 0.186. The Morgan fingerprint density at radius 1 is 0.938 bits per heavy atom. The van der Waals surface area contributed by atoms with E-state index in [-0.39, 0.29) is 5.57 Å². The first-order valence-corrected chi connectivity index (χ1v) is 11.7. The van der Waals surface area contributed by atoms with E-state index >= 15 is 0 Å². The lowest BCUT2D eigenvalue weighted by Gasteiger charge is -2.36. The molecule has 1 aromatic heterocycles. The Balaban J connectivity index is 2.08. The van der Waals surface area contributed by atoms with Crippen LogP contribution in [0.4, 0.5) is 8.78 Å². The predicted molar refractivity (Wildman–Crippen MR) is 137 cm³/mol. The molecule has 4 rings (SSSR count). The van der Waals surface area contributed by atoms with Crippen molar-refractivity contribution < 1.29 is 8.78 Å². The third-order valence-corrected chi connectivity index (χ3v) is 7.45. The van der Waals surface area contributed by atoms with E-state index < -0.39 is 11.8 Å². The highest BCUT2D eigenvalue weighted by Gasteiger charge is 2.42. The highest BCUT2D eigenvalue weighted by molar-refractivity contribution is 7.84. The quantitative estimate of drug-likeness (QED) is 0.334. The second kappa shape index (κ2) is 9.43. The molecule has 162 valence electrons. The fourth-order valence-corrected chi connectivity index (χ4v) is 6.16. The monoisotopic (exact) mass is 462 g/mol. The van der Waals surface area contributed by atoms with Crippen LogP contribution in [0, 0.1) is 0 Å². The van der Waals surface area contributed by atoms with Crippen LogP contribution in [0.15, 0.2) is 103 Å². The molecule has 1 aliphatic carbocycles. The van der Waals surface area contributed by atoms with Crippen molar-refractivity contribution in [3.63, 3.8) is 0 Å². The fourth-order valence-electron chi connectivity index (χ4n) is 4.23. The molecule has 0 N–H and O–H groups in total. The van der Waals surface area contributed by atoms with Crippen LogP contribution in [-0.2, 0) is 5.41 Å². The zero-order valence-electron chi connectivity index (χ0n) is 17.6. The summed E-state index contributed by atoms with van der Waals surface area (Å²) in [6, 6.07) is 21.5. The molecule has 1 aliphatic rings. The van der Waals surface area contributed by atoms with Gasteiger partial charge in [0.25, 0.3) is 6.43 Å². The van der Waals surface area contributed by atoms with Crippen LogP contribution in [0.5, 0.6) is 0 Å². The first-order chi connectivity index (χ1) is 15.5. The number of alkyl halides is 2. The molecule has 0 amide bonds. The lowest BCUT2D eigenvalue weighted by molar-refractivity contribution is 0.215. The number of hydrogen-bond acceptors (Lipinski definition) is 2. The zero-order chi connectivity index (χ0) is 22.7. The van der Waals surface area contributed by atoms with E-state index in [1.54, 1.807) is 0 Å². The molecule has 0 fully saturated rings. The van der Waals surface area contributed by atoms with Gasteiger partial charge in [0, 0.05) is 15.3 Å². The minimum Gasteiger partial charge on any atom is -0.205 e. The average molecular weight is 463 g/mol. The van der Waals surface area contributed by atoms with Gasteiger partial charge in [-0.05, 0) is 46.1 Å². The molecule has 2 aromatic carbocycles. The number of hydrogen-bond donors (Lipinski definition) is 1. The van der Waals surface area contributed by atoms with Gasteiger partial charge in [-0.3, -0.25) is 0 Å². The van der Waals surface area contributed by atoms with Crippen molar-refractivity contribution in [1.29, 1.82) is 0 Å². The van der Waals surface area contributed by atoms with E-state index in [0.29, 0.717) is 10.5 Å². The standard InChI is InChI=1S/C28H24F2S2/c1-19(27(29)30)24-18-25(21-12-6-3-7-13-21)32-26(24)28(20(2)31,22-14-8-4-9-15-22)23-16-10-5-11-17-23/h4-6,8-18,27,31H,1-3,7H2. The molecule has 0 radical (unpaired) electrons. The first kappa shape index (κ1) is 22.5. The Bertz CT molecular complexity index is 1150. The van der Waals surface area contributed by atoms with Crippen molar-refractivity contribution in [2.24, 2.45) is 0 Å². The van der Waals surface area contributed by atoms with Gasteiger partial charge in [0.2, 0.25) is 0 Å². The van der Waals surface area contributed by atoms with Crippen molar-refractivity contribution >= 4 is 35.1 Å². The Kier molecular flexibility index (Phi) is 6.63. The summed E-state index contributed by atoms with van der Waals surface area (Å²) < 4.78 is 27.9. The Hall–Kier alpha value is -2.69. The van der Waals surface area contributed by atoms with E-state index in [1.807, 2.05) is 66.7 Å². The van der Waals surface area contributed by atoms with Crippen LogP contribution in [0.2, 0.25) is 0 Å². The summed E-state index contributed by atoms with van der Waals surface area (Å²) in [7, 11) is 0. The maximum absolute atomic E-state index is 14.0. The molecule has 4 heteroatoms. The lowest BCUT2D eigenvalue weighted by Crippen LogP contribution is -2.30. The molecule has 1 heterocycles. The third-order valence-electron chi connectivity index (χ3n) is 5.81. The zero-order valence-corrected chi connectivity index (χ0v) is 19.3. The smallest absolute Gasteiger partial charge is 0.205 e. The summed E-state index contributed by atoms with van der Waals surface area (Å²) in [6.07, 6.45) is 5.61. The second-order valence-corrected chi connectivity index (χ2v) is 9.34. The van der Waals surface area contributed by atoms with Gasteiger partial charge >= 0.3 is 0 Å². The van der Waals surface area contributed by atoms with E-state index in [2.05, 4.69) is 31.4 Å². The molecule has 0 unspecified atom stereocenters. The van der Waals surface area contributed by atoms with Gasteiger partial charge in [-0.2, -0.15) is 0 Å². The first-order valence-electron chi connectivity index (χ1n) is 10.4. The van der Waals surface area contributed by atoms with Crippen molar-refractivity contribution in [3.8, 4) is 0 Å². The summed E-state index contributed by atoms with van der Waals surface area (Å²) >= 11 is 6.30. The third kappa shape index (κ3) is 3.94. The summed E-state index contributed by atoms with van der Waals surface area (Å²) in [5.41, 5.74) is 2.28. The van der Waals surface area contributed by atoms with Gasteiger partial charge in [-0.25, -0.2) is 8.78 Å². The molecular formula is C28H24F2S2. The van der Waals surface area contributed by atoms with Crippen LogP contribution in [0.1, 0.15) is 39.3 Å². The molecule has 0 atom stereocenters. The van der Waals surface area contributed by atoms with Gasteiger partial charge in [-0.15, -0.1) is 24.0 Å². The normalized spacial score (nSPS) is 13.8. The molecule has 0 saturated heterocycles. The summed E-state index contributed by atoms with van der Waals surface area (Å²) in [4.78, 5) is 2.27. The number of halogens is 2. The number of thiol groups is 1. The van der Waals surface area contributed by atoms with Crippen molar-refractivity contribution in [1.82, 2.24) is 0 Å². The molecule has 0 spiro atoms. The van der Waals surface area contributed by atoms with Gasteiger partial charge in [0.15, 0.2) is 0 Å². The minimum atomic E-state index is -2.66. The molecule has 0 bridgehead atoms. The van der Waals surface area contributed by atoms with E-state index in [9.17, 15) is 8.78 Å². The molecule has 3 aromatic rings. The number of allylic oxidation sites excluding steroid dienone is 6. The Morgan fingerprint density at radius 3 is 2.00 bits per heavy atom. The van der Waals surface area contributed by atoms with Gasteiger partial charge < -0.3 is 0 Å². The Morgan fingerprint density at radius 2 is 1.53 bits per heavy atom. The van der Waals surface area contributed by atoms with Crippen molar-refractivity contribution in [2.45, 2.75) is 24.7 Å². The van der Waals surface area contributed by atoms with E-state index in [0.717, 1.165) is 39.3 Å². The fraction of sp³-hybridized carbons (Fsp3) is 0.143. The maximum Gasteiger partial charge on any atom is 0.263 e. The SMILES string of the molecule is C=C(c1cc(C2=CCCC=C2)sc1C(C(=C)S)(c1ccccc1)c1ccccc1)C(F)F. The van der Waals surface area contributed by atoms with Crippen LogP contribution in [0.25, 0.3) is 11.1 Å². The van der Waals surface area contributed by atoms with Gasteiger partial charge in [0.05, 0.1) is 5.41 Å². The van der Waals surface area contributed by atoms with Crippen molar-refractivity contribution in [2.75, 3.05) is 0 Å². The topological polar surface area (TPSA) is 0 Å². The number of thiophene rings is 1. The lowest BCUT2D eigenvalue weighted by atomic mass is 9.71. The Labute approximate surface area is 197 Å². The van der Waals surface area contributed by atoms with Gasteiger partial charge in [-0.1, -0.05) is 92.0 Å². The van der Waals surface area contributed by atoms with Crippen LogP contribution in [0.3, 0.4) is 0 Å². The van der Waals surface area contributed by atoms with Crippen molar-refractivity contribution in [3.05, 3.63) is 129 Å². The predicted octanol–water partition coefficient (Wildman–Crippen LogP) is 8.54. The second-order valence-electron chi connectivity index (χ2n) is 7.75. The highest BCUT2D eigenvalue weighted by Crippen LogP contribution is 2.52. The van der Waals surface area contributed by atoms with Crippen LogP contribution >= 0.6 is 24.0 Å². The van der Waals surface area contributed by atoms with E-state index in [4.69, 9.17) is 12.6 Å². The maximum atomic E-state index is 14.0. The molecule has 0 nitrogen and oxygen atoms in total. The average Bonchev–Trinajstić information content (AvgIpc) is 3.26. The summed E-state index contributed by atoms with van der Waals surface area (Å²) in [6.45, 7) is 8.02. The van der Waals surface area contributed by atoms with Crippen LogP contribution in [-0.4, -0.2) is 6.43 Å². The molecular weight excluding hydrogens is 438 g/mol. The van der Waals surface area contributed by atoms with Gasteiger partial charge in [0.1, 0.15) is 0 Å². The number of rotatable bonds is 7. The largest absolute Gasteiger partial charge is 0.263 e. The molecule has 0 saturated carbocycles. The molecule has 32 heavy (non-hydrogen) atoms. The molecule has 0 aliphatic heterocycles. The highest BCUT2D eigenvalue weighted by atomic mass is 32.1. The van der Waals surface area contributed by atoms with E-state index in [1.165, 1.54) is 11.3 Å². The summed E-state index contributed by atoms with van der Waals surface area (Å²) in [5.74, 6) is 0. The number of benzene rings is 2. The van der Waals surface area contributed by atoms with Crippen LogP contribution < -0.4 is 0 Å². The summed E-state index contributed by atoms with van der Waals surface area (Å²) in [5, 5.41) is 0.